The van der Waals surface area contributed by atoms with Gasteiger partial charge in [-0.1, -0.05) is 35.3 Å². The van der Waals surface area contributed by atoms with Crippen molar-refractivity contribution in [3.63, 3.8) is 0 Å². The first kappa shape index (κ1) is 16.3. The van der Waals surface area contributed by atoms with Crippen LogP contribution in [-0.4, -0.2) is 28.6 Å². The average Bonchev–Trinajstić information content (AvgIpc) is 2.31. The molecule has 0 bridgehead atoms. The van der Waals surface area contributed by atoms with E-state index in [4.69, 9.17) is 28.3 Å². The van der Waals surface area contributed by atoms with Crippen molar-refractivity contribution in [1.29, 1.82) is 0 Å². The minimum absolute atomic E-state index is 0.0190. The van der Waals surface area contributed by atoms with Crippen LogP contribution in [0, 0.1) is 0 Å². The smallest absolute Gasteiger partial charge is 0.304 e. The molecule has 106 valence electrons. The summed E-state index contributed by atoms with van der Waals surface area (Å²) in [6.07, 6.45) is 0.112. The number of rotatable bonds is 6. The van der Waals surface area contributed by atoms with Gasteiger partial charge in [0.1, 0.15) is 0 Å². The third kappa shape index (κ3) is 4.37. The molecule has 0 spiro atoms. The number of carbonyl (C=O) groups is 1. The number of carboxylic acids is 1. The van der Waals surface area contributed by atoms with E-state index in [-0.39, 0.29) is 18.5 Å². The number of carboxylic acid groups (broad SMARTS) is 1. The fraction of sp³-hybridized carbons (Fsp3) is 0.500. The molecule has 0 aromatic heterocycles. The number of aliphatic carboxylic acids is 1. The quantitative estimate of drug-likeness (QED) is 0.854. The third-order valence-corrected chi connectivity index (χ3v) is 4.01. The molecule has 19 heavy (non-hydrogen) atoms. The van der Waals surface area contributed by atoms with Crippen LogP contribution in [0.4, 0.5) is 0 Å². The topological polar surface area (TPSA) is 40.5 Å². The Kier molecular flexibility index (Phi) is 6.11. The van der Waals surface area contributed by atoms with E-state index in [1.807, 2.05) is 32.9 Å². The summed E-state index contributed by atoms with van der Waals surface area (Å²) >= 11 is 12.2. The maximum atomic E-state index is 10.7. The van der Waals surface area contributed by atoms with Crippen LogP contribution in [0.1, 0.15) is 38.8 Å². The Balaban J connectivity index is 2.95. The van der Waals surface area contributed by atoms with Crippen LogP contribution >= 0.6 is 23.2 Å². The lowest BCUT2D eigenvalue weighted by Crippen LogP contribution is -2.35. The summed E-state index contributed by atoms with van der Waals surface area (Å²) in [6, 6.07) is 5.77. The minimum Gasteiger partial charge on any atom is -0.481 e. The minimum atomic E-state index is -0.796. The molecule has 1 N–H and O–H groups in total. The summed E-state index contributed by atoms with van der Waals surface area (Å²) in [6.45, 7) is 6.57. The highest BCUT2D eigenvalue weighted by molar-refractivity contribution is 6.42. The van der Waals surface area contributed by atoms with Gasteiger partial charge in [0.15, 0.2) is 0 Å². The normalized spacial score (nSPS) is 13.0. The van der Waals surface area contributed by atoms with Gasteiger partial charge in [-0.2, -0.15) is 0 Å². The van der Waals surface area contributed by atoms with Gasteiger partial charge in [-0.05, 0) is 32.4 Å². The van der Waals surface area contributed by atoms with Gasteiger partial charge in [-0.3, -0.25) is 9.69 Å². The maximum Gasteiger partial charge on any atom is 0.304 e. The van der Waals surface area contributed by atoms with Crippen molar-refractivity contribution in [3.8, 4) is 0 Å². The molecule has 0 aliphatic rings. The van der Waals surface area contributed by atoms with E-state index in [1.165, 1.54) is 0 Å². The molecule has 0 amide bonds. The molecule has 0 saturated heterocycles. The Morgan fingerprint density at radius 3 is 2.47 bits per heavy atom. The summed E-state index contributed by atoms with van der Waals surface area (Å²) in [5.41, 5.74) is 0.924. The van der Waals surface area contributed by atoms with Crippen LogP contribution < -0.4 is 0 Å². The van der Waals surface area contributed by atoms with Gasteiger partial charge in [0.2, 0.25) is 0 Å². The Morgan fingerprint density at radius 1 is 1.32 bits per heavy atom. The highest BCUT2D eigenvalue weighted by atomic mass is 35.5. The molecule has 1 unspecified atom stereocenters. The van der Waals surface area contributed by atoms with Gasteiger partial charge < -0.3 is 5.11 Å². The molecule has 0 radical (unpaired) electrons. The van der Waals surface area contributed by atoms with E-state index in [0.717, 1.165) is 5.56 Å². The lowest BCUT2D eigenvalue weighted by atomic mass is 10.0. The van der Waals surface area contributed by atoms with Crippen LogP contribution in [0.2, 0.25) is 10.0 Å². The lowest BCUT2D eigenvalue weighted by Gasteiger charge is -2.33. The van der Waals surface area contributed by atoms with Crippen LogP contribution in [0.3, 0.4) is 0 Å². The largest absolute Gasteiger partial charge is 0.481 e. The molecule has 0 aliphatic carbocycles. The third-order valence-electron chi connectivity index (χ3n) is 3.18. The Bertz CT molecular complexity index is 449. The first-order chi connectivity index (χ1) is 8.84. The molecule has 0 aliphatic heterocycles. The lowest BCUT2D eigenvalue weighted by molar-refractivity contribution is -0.137. The summed E-state index contributed by atoms with van der Waals surface area (Å²) in [4.78, 5) is 12.8. The van der Waals surface area contributed by atoms with Gasteiger partial charge in [0.05, 0.1) is 16.5 Å². The number of hydrogen-bond donors (Lipinski definition) is 1. The zero-order valence-electron chi connectivity index (χ0n) is 11.4. The molecule has 5 heteroatoms. The molecule has 1 aromatic carbocycles. The van der Waals surface area contributed by atoms with Crippen molar-refractivity contribution in [3.05, 3.63) is 33.8 Å². The number of hydrogen-bond acceptors (Lipinski definition) is 2. The highest BCUT2D eigenvalue weighted by Gasteiger charge is 2.22. The number of nitrogens with zero attached hydrogens (tertiary/aromatic N) is 1. The zero-order valence-corrected chi connectivity index (χ0v) is 12.9. The van der Waals surface area contributed by atoms with E-state index in [1.54, 1.807) is 6.07 Å². The number of benzene rings is 1. The molecule has 1 atom stereocenters. The van der Waals surface area contributed by atoms with E-state index in [2.05, 4.69) is 4.90 Å². The maximum absolute atomic E-state index is 10.7. The second-order valence-electron chi connectivity index (χ2n) is 4.79. The van der Waals surface area contributed by atoms with Crippen LogP contribution in [0.15, 0.2) is 18.2 Å². The fourth-order valence-corrected chi connectivity index (χ4v) is 2.61. The van der Waals surface area contributed by atoms with Crippen molar-refractivity contribution in [2.45, 2.75) is 39.3 Å². The second-order valence-corrected chi connectivity index (χ2v) is 5.58. The first-order valence-electron chi connectivity index (χ1n) is 6.26. The monoisotopic (exact) mass is 303 g/mol. The average molecular weight is 304 g/mol. The zero-order chi connectivity index (χ0) is 14.6. The van der Waals surface area contributed by atoms with Crippen molar-refractivity contribution in [1.82, 2.24) is 4.90 Å². The van der Waals surface area contributed by atoms with Gasteiger partial charge in [-0.25, -0.2) is 0 Å². The first-order valence-corrected chi connectivity index (χ1v) is 7.01. The summed E-state index contributed by atoms with van der Waals surface area (Å²) in [5.74, 6) is -0.796. The molecule has 1 rings (SSSR count). The van der Waals surface area contributed by atoms with Crippen LogP contribution in [0.5, 0.6) is 0 Å². The molecule has 1 aromatic rings. The van der Waals surface area contributed by atoms with Crippen LogP contribution in [-0.2, 0) is 4.79 Å². The summed E-state index contributed by atoms with van der Waals surface area (Å²) < 4.78 is 0. The Hall–Kier alpha value is -0.770. The predicted molar refractivity (Wildman–Crippen MR) is 79.0 cm³/mol. The predicted octanol–water partition coefficient (Wildman–Crippen LogP) is 4.24. The van der Waals surface area contributed by atoms with Crippen molar-refractivity contribution >= 4 is 29.2 Å². The molecule has 3 nitrogen and oxygen atoms in total. The highest BCUT2D eigenvalue weighted by Crippen LogP contribution is 2.33. The molecule has 0 fully saturated rings. The van der Waals surface area contributed by atoms with Crippen molar-refractivity contribution in [2.75, 3.05) is 6.54 Å². The van der Waals surface area contributed by atoms with Gasteiger partial charge in [0.25, 0.3) is 0 Å². The fourth-order valence-electron chi connectivity index (χ4n) is 2.15. The SMILES string of the molecule is CC(C)N(CCC(=O)O)C(C)c1cccc(Cl)c1Cl. The molecule has 0 heterocycles. The standard InChI is InChI=1S/C14H19Cl2NO2/c1-9(2)17(8-7-13(18)19)10(3)11-5-4-6-12(15)14(11)16/h4-6,9-10H,7-8H2,1-3H3,(H,18,19). The van der Waals surface area contributed by atoms with Crippen molar-refractivity contribution < 1.29 is 9.90 Å². The second kappa shape index (κ2) is 7.13. The molecular weight excluding hydrogens is 285 g/mol. The number of halogens is 2. The summed E-state index contributed by atoms with van der Waals surface area (Å²) in [7, 11) is 0. The van der Waals surface area contributed by atoms with Gasteiger partial charge in [-0.15, -0.1) is 0 Å². The molecule has 0 saturated carbocycles. The Morgan fingerprint density at radius 2 is 1.95 bits per heavy atom. The van der Waals surface area contributed by atoms with E-state index < -0.39 is 5.97 Å². The summed E-state index contributed by atoms with van der Waals surface area (Å²) in [5, 5.41) is 9.88. The van der Waals surface area contributed by atoms with E-state index in [9.17, 15) is 4.79 Å². The van der Waals surface area contributed by atoms with Crippen molar-refractivity contribution in [2.24, 2.45) is 0 Å². The van der Waals surface area contributed by atoms with Gasteiger partial charge >= 0.3 is 5.97 Å². The van der Waals surface area contributed by atoms with Gasteiger partial charge in [0, 0.05) is 18.6 Å². The Labute approximate surface area is 124 Å². The van der Waals surface area contributed by atoms with Crippen LogP contribution in [0.25, 0.3) is 0 Å². The van der Waals surface area contributed by atoms with E-state index in [0.29, 0.717) is 16.6 Å². The molecular formula is C14H19Cl2NO2. The van der Waals surface area contributed by atoms with E-state index >= 15 is 0 Å².